The molecule has 3 aromatic rings. The summed E-state index contributed by atoms with van der Waals surface area (Å²) >= 11 is 7.16. The van der Waals surface area contributed by atoms with Crippen molar-refractivity contribution in [3.05, 3.63) is 105 Å². The first kappa shape index (κ1) is 26.1. The van der Waals surface area contributed by atoms with Gasteiger partial charge in [0.1, 0.15) is 5.76 Å². The van der Waals surface area contributed by atoms with Gasteiger partial charge in [0.05, 0.1) is 40.2 Å². The summed E-state index contributed by atoms with van der Waals surface area (Å²) < 4.78 is 5.64. The number of benzene rings is 2. The number of carbonyl (C=O) groups is 2. The van der Waals surface area contributed by atoms with Gasteiger partial charge in [-0.05, 0) is 67.4 Å². The monoisotopic (exact) mass is 532 g/mol. The lowest BCUT2D eigenvalue weighted by Gasteiger charge is -2.28. The van der Waals surface area contributed by atoms with Crippen molar-refractivity contribution in [1.82, 2.24) is 5.32 Å². The SMILES string of the molecule is CCc1ccc(NC(=O)CSC2=C(C#N)[C@@H](c3ccco3)C(C(=O)Nc3ccc(Cl)cc3)=C(C)N2)cc1. The van der Waals surface area contributed by atoms with Crippen molar-refractivity contribution in [3.8, 4) is 6.07 Å². The number of aryl methyl sites for hydroxylation is 1. The van der Waals surface area contributed by atoms with E-state index in [9.17, 15) is 14.9 Å². The molecule has 2 amide bonds. The first-order valence-electron chi connectivity index (χ1n) is 11.6. The fourth-order valence-corrected chi connectivity index (χ4v) is 4.98. The number of allylic oxidation sites excluding steroid dienone is 2. The Morgan fingerprint density at radius 2 is 1.76 bits per heavy atom. The number of hydrogen-bond acceptors (Lipinski definition) is 6. The highest BCUT2D eigenvalue weighted by Gasteiger charge is 2.36. The molecule has 1 atom stereocenters. The number of rotatable bonds is 8. The number of nitrogens with zero attached hydrogens (tertiary/aromatic N) is 1. The largest absolute Gasteiger partial charge is 0.468 e. The fraction of sp³-hybridized carbons (Fsp3) is 0.179. The Morgan fingerprint density at radius 1 is 1.08 bits per heavy atom. The molecule has 2 aromatic carbocycles. The Labute approximate surface area is 224 Å². The molecule has 9 heteroatoms. The molecule has 0 saturated heterocycles. The third kappa shape index (κ3) is 6.26. The van der Waals surface area contributed by atoms with E-state index in [2.05, 4.69) is 28.9 Å². The molecule has 1 aliphatic rings. The van der Waals surface area contributed by atoms with Crippen LogP contribution in [0.1, 0.15) is 31.1 Å². The molecule has 0 unspecified atom stereocenters. The molecule has 0 fully saturated rings. The highest BCUT2D eigenvalue weighted by atomic mass is 35.5. The van der Waals surface area contributed by atoms with Gasteiger partial charge in [0.15, 0.2) is 0 Å². The first-order chi connectivity index (χ1) is 17.9. The van der Waals surface area contributed by atoms with E-state index in [0.29, 0.717) is 44.0 Å². The predicted octanol–water partition coefficient (Wildman–Crippen LogP) is 6.20. The molecule has 0 bridgehead atoms. The van der Waals surface area contributed by atoms with Crippen LogP contribution in [0.15, 0.2) is 93.2 Å². The number of hydrogen-bond donors (Lipinski definition) is 3. The van der Waals surface area contributed by atoms with Crippen molar-refractivity contribution < 1.29 is 14.0 Å². The molecule has 0 spiro atoms. The summed E-state index contributed by atoms with van der Waals surface area (Å²) in [6.45, 7) is 3.83. The Kier molecular flexibility index (Phi) is 8.39. The molecule has 1 aliphatic heterocycles. The zero-order valence-electron chi connectivity index (χ0n) is 20.3. The van der Waals surface area contributed by atoms with Crippen LogP contribution >= 0.6 is 23.4 Å². The van der Waals surface area contributed by atoms with Crippen molar-refractivity contribution in [2.24, 2.45) is 0 Å². The molecule has 37 heavy (non-hydrogen) atoms. The second-order valence-corrected chi connectivity index (χ2v) is 9.74. The number of furan rings is 1. The van der Waals surface area contributed by atoms with Gasteiger partial charge in [-0.25, -0.2) is 0 Å². The summed E-state index contributed by atoms with van der Waals surface area (Å²) in [6.07, 6.45) is 2.42. The molecule has 188 valence electrons. The van der Waals surface area contributed by atoms with Crippen molar-refractivity contribution in [3.63, 3.8) is 0 Å². The highest BCUT2D eigenvalue weighted by molar-refractivity contribution is 8.03. The number of nitriles is 1. The van der Waals surface area contributed by atoms with Gasteiger partial charge < -0.3 is 20.4 Å². The molecule has 1 aromatic heterocycles. The van der Waals surface area contributed by atoms with Crippen LogP contribution in [0.25, 0.3) is 0 Å². The number of anilines is 2. The Hall–Kier alpha value is -3.93. The molecule has 0 aliphatic carbocycles. The maximum Gasteiger partial charge on any atom is 0.254 e. The number of thioether (sulfide) groups is 1. The summed E-state index contributed by atoms with van der Waals surface area (Å²) in [5.74, 6) is -0.784. The smallest absolute Gasteiger partial charge is 0.254 e. The minimum Gasteiger partial charge on any atom is -0.468 e. The molecule has 2 heterocycles. The third-order valence-electron chi connectivity index (χ3n) is 5.82. The average molecular weight is 533 g/mol. The fourth-order valence-electron chi connectivity index (χ4n) is 3.96. The Bertz CT molecular complexity index is 1390. The zero-order chi connectivity index (χ0) is 26.4. The number of dihydropyridines is 1. The van der Waals surface area contributed by atoms with Gasteiger partial charge in [0.2, 0.25) is 5.91 Å². The molecule has 0 saturated carbocycles. The molecule has 7 nitrogen and oxygen atoms in total. The molecule has 3 N–H and O–H groups in total. The van der Waals surface area contributed by atoms with E-state index in [0.717, 1.165) is 6.42 Å². The second-order valence-electron chi connectivity index (χ2n) is 8.32. The van der Waals surface area contributed by atoms with Gasteiger partial charge in [-0.2, -0.15) is 5.26 Å². The van der Waals surface area contributed by atoms with Crippen LogP contribution in [-0.2, 0) is 16.0 Å². The number of amides is 2. The molecule has 0 radical (unpaired) electrons. The van der Waals surface area contributed by atoms with Gasteiger partial charge in [0.25, 0.3) is 5.91 Å². The summed E-state index contributed by atoms with van der Waals surface area (Å²) in [6, 6.07) is 20.1. The number of carbonyl (C=O) groups excluding carboxylic acids is 2. The molecule has 4 rings (SSSR count). The maximum atomic E-state index is 13.4. The first-order valence-corrected chi connectivity index (χ1v) is 13.0. The van der Waals surface area contributed by atoms with Crippen LogP contribution in [0.4, 0.5) is 11.4 Å². The Balaban J connectivity index is 1.55. The molecular formula is C28H25ClN4O3S. The number of nitrogens with one attached hydrogen (secondary N) is 3. The quantitative estimate of drug-likeness (QED) is 0.319. The molecular weight excluding hydrogens is 508 g/mol. The summed E-state index contributed by atoms with van der Waals surface area (Å²) in [5, 5.41) is 20.1. The second kappa shape index (κ2) is 11.9. The van der Waals surface area contributed by atoms with Crippen molar-refractivity contribution in [2.75, 3.05) is 16.4 Å². The third-order valence-corrected chi connectivity index (χ3v) is 7.08. The Morgan fingerprint density at radius 3 is 2.38 bits per heavy atom. The summed E-state index contributed by atoms with van der Waals surface area (Å²) in [5.41, 5.74) is 3.67. The minimum absolute atomic E-state index is 0.0769. The average Bonchev–Trinajstić information content (AvgIpc) is 3.43. The van der Waals surface area contributed by atoms with Gasteiger partial charge in [-0.3, -0.25) is 9.59 Å². The van der Waals surface area contributed by atoms with E-state index in [4.69, 9.17) is 16.0 Å². The predicted molar refractivity (Wildman–Crippen MR) is 147 cm³/mol. The van der Waals surface area contributed by atoms with Crippen molar-refractivity contribution >= 4 is 46.6 Å². The summed E-state index contributed by atoms with van der Waals surface area (Å²) in [4.78, 5) is 26.0. The lowest BCUT2D eigenvalue weighted by Crippen LogP contribution is -2.31. The van der Waals surface area contributed by atoms with Crippen LogP contribution in [0, 0.1) is 11.3 Å². The standard InChI is InChI=1S/C28H25ClN4O3S/c1-3-18-6-10-20(11-7-18)32-24(34)16-37-28-22(15-30)26(23-5-4-14-36-23)25(17(2)31-28)27(35)33-21-12-8-19(29)9-13-21/h4-14,26,31H,3,16H2,1-2H3,(H,32,34)(H,33,35)/t26-/m0/s1. The van der Waals surface area contributed by atoms with E-state index < -0.39 is 5.92 Å². The zero-order valence-corrected chi connectivity index (χ0v) is 21.9. The van der Waals surface area contributed by atoms with Gasteiger partial charge in [-0.1, -0.05) is 42.4 Å². The van der Waals surface area contributed by atoms with E-state index in [1.165, 1.54) is 23.6 Å². The van der Waals surface area contributed by atoms with Gasteiger partial charge in [0, 0.05) is 22.1 Å². The van der Waals surface area contributed by atoms with Crippen LogP contribution in [0.5, 0.6) is 0 Å². The summed E-state index contributed by atoms with van der Waals surface area (Å²) in [7, 11) is 0. The van der Waals surface area contributed by atoms with Crippen LogP contribution < -0.4 is 16.0 Å². The van der Waals surface area contributed by atoms with E-state index >= 15 is 0 Å². The van der Waals surface area contributed by atoms with Crippen LogP contribution in [0.2, 0.25) is 5.02 Å². The van der Waals surface area contributed by atoms with E-state index in [-0.39, 0.29) is 17.6 Å². The minimum atomic E-state index is -0.735. The van der Waals surface area contributed by atoms with E-state index in [1.54, 1.807) is 43.3 Å². The van der Waals surface area contributed by atoms with Crippen LogP contribution in [0.3, 0.4) is 0 Å². The maximum absolute atomic E-state index is 13.4. The van der Waals surface area contributed by atoms with Gasteiger partial charge in [-0.15, -0.1) is 0 Å². The normalized spacial score (nSPS) is 15.1. The number of halogens is 1. The lowest BCUT2D eigenvalue weighted by atomic mass is 9.85. The lowest BCUT2D eigenvalue weighted by molar-refractivity contribution is -0.114. The highest BCUT2D eigenvalue weighted by Crippen LogP contribution is 2.41. The van der Waals surface area contributed by atoms with Crippen molar-refractivity contribution in [1.29, 1.82) is 5.26 Å². The van der Waals surface area contributed by atoms with E-state index in [1.807, 2.05) is 24.3 Å². The van der Waals surface area contributed by atoms with Gasteiger partial charge >= 0.3 is 0 Å². The van der Waals surface area contributed by atoms with Crippen molar-refractivity contribution in [2.45, 2.75) is 26.2 Å². The van der Waals surface area contributed by atoms with Crippen LogP contribution in [-0.4, -0.2) is 17.6 Å². The topological polar surface area (TPSA) is 107 Å².